The van der Waals surface area contributed by atoms with E-state index in [-0.39, 0.29) is 0 Å². The fourth-order valence-corrected chi connectivity index (χ4v) is 3.20. The number of unbranched alkanes of at least 4 members (excludes halogenated alkanes) is 4. The summed E-state index contributed by atoms with van der Waals surface area (Å²) in [5.41, 5.74) is 0. The predicted molar refractivity (Wildman–Crippen MR) is 82.7 cm³/mol. The van der Waals surface area contributed by atoms with E-state index in [1.54, 1.807) is 0 Å². The third-order valence-electron chi connectivity index (χ3n) is 4.16. The molecule has 2 nitrogen and oxygen atoms in total. The molecule has 1 saturated carbocycles. The van der Waals surface area contributed by atoms with Crippen molar-refractivity contribution in [2.75, 3.05) is 12.4 Å². The molecular formula is C16H30ClNO. The molecule has 1 rings (SSSR count). The molecule has 1 fully saturated rings. The molecule has 1 amide bonds. The van der Waals surface area contributed by atoms with E-state index in [0.29, 0.717) is 17.8 Å². The number of amides is 1. The molecule has 0 aromatic heterocycles. The molecule has 0 aromatic rings. The molecule has 1 aliphatic carbocycles. The summed E-state index contributed by atoms with van der Waals surface area (Å²) in [6, 6.07) is 0.468. The zero-order valence-corrected chi connectivity index (χ0v) is 13.3. The molecule has 0 aliphatic heterocycles. The van der Waals surface area contributed by atoms with Crippen LogP contribution in [0.3, 0.4) is 0 Å². The highest BCUT2D eigenvalue weighted by Crippen LogP contribution is 2.23. The second kappa shape index (κ2) is 10.5. The Labute approximate surface area is 123 Å². The highest BCUT2D eigenvalue weighted by atomic mass is 35.5. The first-order chi connectivity index (χ1) is 9.29. The van der Waals surface area contributed by atoms with Gasteiger partial charge in [-0.15, -0.1) is 11.6 Å². The van der Waals surface area contributed by atoms with Crippen LogP contribution in [0.25, 0.3) is 0 Å². The largest absolute Gasteiger partial charge is 0.339 e. The second-order valence-corrected chi connectivity index (χ2v) is 6.11. The molecule has 0 heterocycles. The maximum Gasteiger partial charge on any atom is 0.222 e. The monoisotopic (exact) mass is 287 g/mol. The smallest absolute Gasteiger partial charge is 0.222 e. The van der Waals surface area contributed by atoms with Gasteiger partial charge in [-0.1, -0.05) is 51.9 Å². The molecule has 0 atom stereocenters. The average molecular weight is 288 g/mol. The van der Waals surface area contributed by atoms with Crippen molar-refractivity contribution >= 4 is 17.5 Å². The van der Waals surface area contributed by atoms with Gasteiger partial charge in [0.25, 0.3) is 0 Å². The Morgan fingerprint density at radius 3 is 2.42 bits per heavy atom. The molecular weight excluding hydrogens is 258 g/mol. The Morgan fingerprint density at radius 2 is 1.79 bits per heavy atom. The number of hydrogen-bond donors (Lipinski definition) is 0. The van der Waals surface area contributed by atoms with Gasteiger partial charge >= 0.3 is 0 Å². The predicted octanol–water partition coefficient (Wildman–Crippen LogP) is 4.75. The van der Waals surface area contributed by atoms with Crippen molar-refractivity contribution < 1.29 is 4.79 Å². The molecule has 112 valence electrons. The van der Waals surface area contributed by atoms with Gasteiger partial charge in [-0.3, -0.25) is 4.79 Å². The fraction of sp³-hybridized carbons (Fsp3) is 0.938. The summed E-state index contributed by atoms with van der Waals surface area (Å²) >= 11 is 5.87. The van der Waals surface area contributed by atoms with Crippen molar-refractivity contribution in [3.05, 3.63) is 0 Å². The highest BCUT2D eigenvalue weighted by Gasteiger charge is 2.24. The van der Waals surface area contributed by atoms with Crippen molar-refractivity contribution in [3.63, 3.8) is 0 Å². The zero-order chi connectivity index (χ0) is 13.9. The average Bonchev–Trinajstić information content (AvgIpc) is 2.45. The van der Waals surface area contributed by atoms with Gasteiger partial charge in [0.1, 0.15) is 0 Å². The molecule has 0 spiro atoms. The van der Waals surface area contributed by atoms with Gasteiger partial charge in [-0.2, -0.15) is 0 Å². The Morgan fingerprint density at radius 1 is 1.11 bits per heavy atom. The van der Waals surface area contributed by atoms with Crippen molar-refractivity contribution in [1.82, 2.24) is 4.90 Å². The van der Waals surface area contributed by atoms with Gasteiger partial charge in [-0.25, -0.2) is 0 Å². The quantitative estimate of drug-likeness (QED) is 0.443. The van der Waals surface area contributed by atoms with E-state index in [2.05, 4.69) is 11.8 Å². The standard InChI is InChI=1S/C16H30ClNO/c1-2-3-4-5-9-12-16(19)18(14-13-17)15-10-7-6-8-11-15/h15H,2-14H2,1H3. The lowest BCUT2D eigenvalue weighted by Crippen LogP contribution is -2.42. The van der Waals surface area contributed by atoms with E-state index < -0.39 is 0 Å². The zero-order valence-electron chi connectivity index (χ0n) is 12.5. The fourth-order valence-electron chi connectivity index (χ4n) is 3.02. The summed E-state index contributed by atoms with van der Waals surface area (Å²) in [5.74, 6) is 0.905. The first-order valence-corrected chi connectivity index (χ1v) is 8.68. The summed E-state index contributed by atoms with van der Waals surface area (Å²) < 4.78 is 0. The van der Waals surface area contributed by atoms with Crippen LogP contribution in [0.1, 0.15) is 77.6 Å². The van der Waals surface area contributed by atoms with E-state index >= 15 is 0 Å². The first kappa shape index (κ1) is 16.8. The number of nitrogens with zero attached hydrogens (tertiary/aromatic N) is 1. The van der Waals surface area contributed by atoms with Gasteiger partial charge in [-0.05, 0) is 19.3 Å². The Hall–Kier alpha value is -0.240. The summed E-state index contributed by atoms with van der Waals surface area (Å²) in [5, 5.41) is 0. The maximum absolute atomic E-state index is 12.3. The number of alkyl halides is 1. The van der Waals surface area contributed by atoms with E-state index in [9.17, 15) is 4.79 Å². The van der Waals surface area contributed by atoms with Crippen molar-refractivity contribution in [2.24, 2.45) is 0 Å². The highest BCUT2D eigenvalue weighted by molar-refractivity contribution is 6.18. The van der Waals surface area contributed by atoms with Gasteiger partial charge in [0, 0.05) is 24.9 Å². The van der Waals surface area contributed by atoms with Gasteiger partial charge < -0.3 is 4.90 Å². The van der Waals surface area contributed by atoms with E-state index in [1.807, 2.05) is 0 Å². The van der Waals surface area contributed by atoms with Gasteiger partial charge in [0.15, 0.2) is 0 Å². The molecule has 1 aliphatic rings. The van der Waals surface area contributed by atoms with Crippen LogP contribution in [0.5, 0.6) is 0 Å². The Balaban J connectivity index is 2.30. The number of rotatable bonds is 9. The van der Waals surface area contributed by atoms with Crippen LogP contribution < -0.4 is 0 Å². The van der Waals surface area contributed by atoms with E-state index in [0.717, 1.165) is 19.4 Å². The van der Waals surface area contributed by atoms with Crippen LogP contribution >= 0.6 is 11.6 Å². The molecule has 0 aromatic carbocycles. The molecule has 0 unspecified atom stereocenters. The van der Waals surface area contributed by atoms with Crippen LogP contribution in [0.4, 0.5) is 0 Å². The normalized spacial score (nSPS) is 16.5. The number of carbonyl (C=O) groups excluding carboxylic acids is 1. The Kier molecular flexibility index (Phi) is 9.32. The van der Waals surface area contributed by atoms with Crippen LogP contribution in [-0.4, -0.2) is 29.3 Å². The number of hydrogen-bond acceptors (Lipinski definition) is 1. The molecule has 0 radical (unpaired) electrons. The van der Waals surface area contributed by atoms with Crippen molar-refractivity contribution in [1.29, 1.82) is 0 Å². The summed E-state index contributed by atoms with van der Waals surface area (Å²) in [6.07, 6.45) is 13.0. The lowest BCUT2D eigenvalue weighted by Gasteiger charge is -2.34. The number of halogens is 1. The lowest BCUT2D eigenvalue weighted by molar-refractivity contribution is -0.134. The van der Waals surface area contributed by atoms with Gasteiger partial charge in [0.2, 0.25) is 5.91 Å². The third-order valence-corrected chi connectivity index (χ3v) is 4.32. The summed E-state index contributed by atoms with van der Waals surface area (Å²) in [6.45, 7) is 2.95. The molecule has 0 bridgehead atoms. The van der Waals surface area contributed by atoms with Crippen molar-refractivity contribution in [3.8, 4) is 0 Å². The Bertz CT molecular complexity index is 239. The van der Waals surface area contributed by atoms with Crippen LogP contribution in [0, 0.1) is 0 Å². The number of carbonyl (C=O) groups is 1. The molecule has 0 saturated heterocycles. The second-order valence-electron chi connectivity index (χ2n) is 5.73. The van der Waals surface area contributed by atoms with E-state index in [4.69, 9.17) is 11.6 Å². The van der Waals surface area contributed by atoms with Crippen molar-refractivity contribution in [2.45, 2.75) is 83.6 Å². The third kappa shape index (κ3) is 6.65. The molecule has 3 heteroatoms. The molecule has 19 heavy (non-hydrogen) atoms. The minimum atomic E-state index is 0.337. The minimum Gasteiger partial charge on any atom is -0.339 e. The summed E-state index contributed by atoms with van der Waals surface area (Å²) in [7, 11) is 0. The maximum atomic E-state index is 12.3. The lowest BCUT2D eigenvalue weighted by atomic mass is 9.94. The van der Waals surface area contributed by atoms with Gasteiger partial charge in [0.05, 0.1) is 0 Å². The first-order valence-electron chi connectivity index (χ1n) is 8.15. The molecule has 0 N–H and O–H groups in total. The minimum absolute atomic E-state index is 0.337. The topological polar surface area (TPSA) is 20.3 Å². The van der Waals surface area contributed by atoms with Crippen LogP contribution in [-0.2, 0) is 4.79 Å². The summed E-state index contributed by atoms with van der Waals surface area (Å²) in [4.78, 5) is 14.4. The SMILES string of the molecule is CCCCCCCC(=O)N(CCCl)C1CCCCC1. The van der Waals surface area contributed by atoms with E-state index in [1.165, 1.54) is 57.8 Å². The van der Waals surface area contributed by atoms with Crippen LogP contribution in [0.2, 0.25) is 0 Å². The van der Waals surface area contributed by atoms with Crippen LogP contribution in [0.15, 0.2) is 0 Å².